The van der Waals surface area contributed by atoms with Crippen LogP contribution in [0.3, 0.4) is 0 Å². The molecule has 2 saturated carbocycles. The molecule has 8 heteroatoms. The maximum absolute atomic E-state index is 12.9. The van der Waals surface area contributed by atoms with Gasteiger partial charge in [-0.2, -0.15) is 0 Å². The fraction of sp³-hybridized carbons (Fsp3) is 0.810. The van der Waals surface area contributed by atoms with E-state index in [0.717, 1.165) is 0 Å². The summed E-state index contributed by atoms with van der Waals surface area (Å²) in [4.78, 5) is 25.7. The van der Waals surface area contributed by atoms with E-state index >= 15 is 0 Å². The number of hydrogen-bond acceptors (Lipinski definition) is 8. The van der Waals surface area contributed by atoms with Crippen LogP contribution in [0.15, 0.2) is 11.3 Å². The Kier molecular flexibility index (Phi) is 3.69. The molecule has 0 amide bonds. The third-order valence-electron chi connectivity index (χ3n) is 8.42. The monoisotopic (exact) mass is 408 g/mol. The van der Waals surface area contributed by atoms with Crippen LogP contribution in [0, 0.1) is 23.2 Å². The lowest BCUT2D eigenvalue weighted by molar-refractivity contribution is -0.282. The van der Waals surface area contributed by atoms with E-state index in [2.05, 4.69) is 0 Å². The summed E-state index contributed by atoms with van der Waals surface area (Å²) in [7, 11) is 3.05. The van der Waals surface area contributed by atoms with E-state index in [1.165, 1.54) is 7.11 Å². The van der Waals surface area contributed by atoms with E-state index in [1.807, 2.05) is 20.8 Å². The average Bonchev–Trinajstić information content (AvgIpc) is 3.28. The number of rotatable bonds is 3. The zero-order chi connectivity index (χ0) is 21.1. The number of esters is 2. The first-order chi connectivity index (χ1) is 13.6. The van der Waals surface area contributed by atoms with Crippen molar-refractivity contribution in [2.45, 2.75) is 69.7 Å². The number of hydrogen-bond donors (Lipinski definition) is 1. The summed E-state index contributed by atoms with van der Waals surface area (Å²) < 4.78 is 28.9. The second-order valence-electron chi connectivity index (χ2n) is 9.56. The molecule has 29 heavy (non-hydrogen) atoms. The molecule has 0 aromatic heterocycles. The number of aliphatic hydroxyl groups is 1. The third kappa shape index (κ3) is 1.83. The Morgan fingerprint density at radius 1 is 1.24 bits per heavy atom. The van der Waals surface area contributed by atoms with Gasteiger partial charge < -0.3 is 28.8 Å². The van der Waals surface area contributed by atoms with Crippen LogP contribution in [0.4, 0.5) is 0 Å². The van der Waals surface area contributed by atoms with Crippen LogP contribution in [0.25, 0.3) is 0 Å². The second kappa shape index (κ2) is 5.53. The smallest absolute Gasteiger partial charge is 0.338 e. The van der Waals surface area contributed by atoms with Crippen molar-refractivity contribution in [1.82, 2.24) is 0 Å². The van der Waals surface area contributed by atoms with Gasteiger partial charge >= 0.3 is 11.9 Å². The lowest BCUT2D eigenvalue weighted by atomic mass is 9.50. The molecule has 2 bridgehead atoms. The first kappa shape index (κ1) is 19.3. The van der Waals surface area contributed by atoms with Crippen molar-refractivity contribution in [2.24, 2.45) is 23.2 Å². The minimum Gasteiger partial charge on any atom is -0.501 e. The first-order valence-corrected chi connectivity index (χ1v) is 10.2. The topological polar surface area (TPSA) is 104 Å². The van der Waals surface area contributed by atoms with E-state index < -0.39 is 58.9 Å². The number of ether oxygens (including phenoxy) is 5. The van der Waals surface area contributed by atoms with Crippen molar-refractivity contribution in [3.8, 4) is 0 Å². The molecule has 9 atom stereocenters. The van der Waals surface area contributed by atoms with Crippen LogP contribution in [0.5, 0.6) is 0 Å². The van der Waals surface area contributed by atoms with Crippen LogP contribution in [-0.2, 0) is 33.3 Å². The first-order valence-electron chi connectivity index (χ1n) is 10.2. The zero-order valence-electron chi connectivity index (χ0n) is 17.6. The Morgan fingerprint density at radius 3 is 2.52 bits per heavy atom. The maximum atomic E-state index is 12.9. The summed E-state index contributed by atoms with van der Waals surface area (Å²) in [5.41, 5.74) is -3.37. The fourth-order valence-electron chi connectivity index (χ4n) is 6.97. The molecule has 5 rings (SSSR count). The molecule has 0 radical (unpaired) electrons. The molecule has 3 aliphatic heterocycles. The van der Waals surface area contributed by atoms with Gasteiger partial charge in [-0.15, -0.1) is 0 Å². The standard InChI is InChI=1S/C21H28O8/c1-8(2)11-12-18(23)27-13(11)14(26-6)19(4)20(15-16(28-15)21(12,19)24)7-10(9(3)25-5)17(22)29-20/h8,11-16,24H,7H2,1-6H3/b10-9-/t11-,12+,13+,14+,15+,16-,19-,20+,21-/m0/s1. The number of epoxide rings is 1. The third-order valence-corrected chi connectivity index (χ3v) is 8.42. The summed E-state index contributed by atoms with van der Waals surface area (Å²) in [6, 6.07) is 0. The molecule has 1 spiro atoms. The summed E-state index contributed by atoms with van der Waals surface area (Å²) in [6.45, 7) is 7.59. The SMILES string of the molecule is CO/C(C)=C1/C[C@@]2(OC1=O)[C@@H]1O[C@@H]1[C@@]1(O)[C@H]3C(=O)O[C@H]([C@H]3C(C)C)[C@@H](OC)[C@]12C. The molecule has 3 heterocycles. The van der Waals surface area contributed by atoms with Crippen LogP contribution >= 0.6 is 0 Å². The number of fused-ring (bicyclic) bond motifs is 8. The molecule has 0 unspecified atom stereocenters. The number of carbonyl (C=O) groups excluding carboxylic acids is 2. The Labute approximate surface area is 169 Å². The lowest BCUT2D eigenvalue weighted by Gasteiger charge is -2.58. The normalized spacial score (nSPS) is 53.7. The van der Waals surface area contributed by atoms with Crippen molar-refractivity contribution in [1.29, 1.82) is 0 Å². The van der Waals surface area contributed by atoms with E-state index in [4.69, 9.17) is 23.7 Å². The van der Waals surface area contributed by atoms with Crippen molar-refractivity contribution in [3.05, 3.63) is 11.3 Å². The fourth-order valence-corrected chi connectivity index (χ4v) is 6.97. The van der Waals surface area contributed by atoms with Gasteiger partial charge in [0.05, 0.1) is 24.0 Å². The van der Waals surface area contributed by atoms with Gasteiger partial charge in [-0.25, -0.2) is 4.79 Å². The molecule has 0 aromatic rings. The van der Waals surface area contributed by atoms with Gasteiger partial charge in [-0.3, -0.25) is 4.79 Å². The quantitative estimate of drug-likeness (QED) is 0.319. The largest absolute Gasteiger partial charge is 0.501 e. The van der Waals surface area contributed by atoms with Crippen LogP contribution in [-0.4, -0.2) is 66.9 Å². The van der Waals surface area contributed by atoms with E-state index in [0.29, 0.717) is 11.3 Å². The molecule has 5 fully saturated rings. The number of carbonyl (C=O) groups is 2. The number of allylic oxidation sites excluding steroid dienone is 1. The summed E-state index contributed by atoms with van der Waals surface area (Å²) in [5.74, 6) is -1.31. The summed E-state index contributed by atoms with van der Waals surface area (Å²) in [6.07, 6.45) is -2.05. The van der Waals surface area contributed by atoms with Crippen molar-refractivity contribution in [3.63, 3.8) is 0 Å². The molecule has 5 aliphatic rings. The van der Waals surface area contributed by atoms with Gasteiger partial charge in [0.2, 0.25) is 0 Å². The van der Waals surface area contributed by atoms with Crippen molar-refractivity contribution >= 4 is 11.9 Å². The van der Waals surface area contributed by atoms with Gasteiger partial charge in [0.25, 0.3) is 0 Å². The Balaban J connectivity index is 1.71. The highest BCUT2D eigenvalue weighted by Gasteiger charge is 2.93. The Bertz CT molecular complexity index is 835. The zero-order valence-corrected chi connectivity index (χ0v) is 17.6. The van der Waals surface area contributed by atoms with Gasteiger partial charge in [0.1, 0.15) is 35.8 Å². The number of methoxy groups -OCH3 is 2. The second-order valence-corrected chi connectivity index (χ2v) is 9.56. The van der Waals surface area contributed by atoms with Gasteiger partial charge in [-0.05, 0) is 12.8 Å². The van der Waals surface area contributed by atoms with Crippen LogP contribution in [0.2, 0.25) is 0 Å². The minimum atomic E-state index is -1.56. The molecule has 0 aromatic carbocycles. The molecule has 8 nitrogen and oxygen atoms in total. The molecular weight excluding hydrogens is 380 g/mol. The highest BCUT2D eigenvalue weighted by molar-refractivity contribution is 5.92. The predicted octanol–water partition coefficient (Wildman–Crippen LogP) is 0.953. The van der Waals surface area contributed by atoms with Crippen molar-refractivity contribution in [2.75, 3.05) is 14.2 Å². The molecule has 160 valence electrons. The van der Waals surface area contributed by atoms with Gasteiger partial charge in [-0.1, -0.05) is 20.8 Å². The lowest BCUT2D eigenvalue weighted by Crippen LogP contribution is -2.73. The maximum Gasteiger partial charge on any atom is 0.338 e. The van der Waals surface area contributed by atoms with E-state index in [1.54, 1.807) is 14.0 Å². The molecule has 3 saturated heterocycles. The van der Waals surface area contributed by atoms with E-state index in [-0.39, 0.29) is 18.3 Å². The highest BCUT2D eigenvalue weighted by atomic mass is 16.7. The van der Waals surface area contributed by atoms with Gasteiger partial charge in [0, 0.05) is 19.4 Å². The van der Waals surface area contributed by atoms with E-state index in [9.17, 15) is 14.7 Å². The minimum absolute atomic E-state index is 0.0914. The van der Waals surface area contributed by atoms with Gasteiger partial charge in [0.15, 0.2) is 5.60 Å². The molecule has 1 N–H and O–H groups in total. The molecule has 2 aliphatic carbocycles. The molecular formula is C21H28O8. The Hall–Kier alpha value is -1.64. The van der Waals surface area contributed by atoms with Crippen LogP contribution in [0.1, 0.15) is 34.1 Å². The highest BCUT2D eigenvalue weighted by Crippen LogP contribution is 2.75. The Morgan fingerprint density at radius 2 is 1.93 bits per heavy atom. The summed E-state index contributed by atoms with van der Waals surface area (Å²) >= 11 is 0. The van der Waals surface area contributed by atoms with Crippen molar-refractivity contribution < 1.29 is 38.4 Å². The summed E-state index contributed by atoms with van der Waals surface area (Å²) in [5, 5.41) is 12.2. The van der Waals surface area contributed by atoms with Crippen LogP contribution < -0.4 is 0 Å². The predicted molar refractivity (Wildman–Crippen MR) is 97.4 cm³/mol. The average molecular weight is 408 g/mol.